The Balaban J connectivity index is 1.57. The van der Waals surface area contributed by atoms with Gasteiger partial charge < -0.3 is 15.0 Å². The Labute approximate surface area is 176 Å². The summed E-state index contributed by atoms with van der Waals surface area (Å²) < 4.78 is 43.7. The molecule has 1 N–H and O–H groups in total. The lowest BCUT2D eigenvalue weighted by atomic mass is 10.1. The minimum absolute atomic E-state index is 0.0640. The first-order valence-corrected chi connectivity index (χ1v) is 10.7. The van der Waals surface area contributed by atoms with E-state index in [1.807, 2.05) is 0 Å². The highest BCUT2D eigenvalue weighted by Crippen LogP contribution is 2.40. The molecular weight excluding hydrogens is 421 g/mol. The third-order valence-electron chi connectivity index (χ3n) is 5.05. The highest BCUT2D eigenvalue weighted by Gasteiger charge is 2.35. The number of fused-ring (bicyclic) bond motifs is 1. The number of carbonyl (C=O) groups is 3. The number of benzene rings is 1. The number of hydrogen-bond acceptors (Lipinski definition) is 5. The SMILES string of the molecule is CC(OC(=O)CC1Sc2ccc(C(F)(F)F)cc2NC1=O)C(=O)N1CCCCCC1. The standard InChI is InChI=1S/C20H23F3N2O4S/c1-12(19(28)25-8-4-2-3-5-9-25)29-17(26)11-16-18(27)24-14-10-13(20(21,22)23)6-7-15(14)30-16/h6-7,10,12,16H,2-5,8-9,11H2,1H3,(H,24,27). The van der Waals surface area contributed by atoms with Crippen LogP contribution < -0.4 is 5.32 Å². The van der Waals surface area contributed by atoms with Gasteiger partial charge >= 0.3 is 12.1 Å². The van der Waals surface area contributed by atoms with Crippen molar-refractivity contribution in [2.75, 3.05) is 18.4 Å². The van der Waals surface area contributed by atoms with E-state index in [-0.39, 0.29) is 18.0 Å². The number of hydrogen-bond donors (Lipinski definition) is 1. The van der Waals surface area contributed by atoms with Crippen LogP contribution in [0, 0.1) is 0 Å². The Bertz CT molecular complexity index is 823. The number of esters is 1. The van der Waals surface area contributed by atoms with Crippen LogP contribution in [-0.4, -0.2) is 47.1 Å². The van der Waals surface area contributed by atoms with Crippen LogP contribution in [0.5, 0.6) is 0 Å². The molecule has 0 bridgehead atoms. The second kappa shape index (κ2) is 9.28. The van der Waals surface area contributed by atoms with E-state index in [2.05, 4.69) is 5.32 Å². The average Bonchev–Trinajstić information content (AvgIpc) is 2.96. The van der Waals surface area contributed by atoms with Crippen LogP contribution in [0.3, 0.4) is 0 Å². The summed E-state index contributed by atoms with van der Waals surface area (Å²) in [7, 11) is 0. The van der Waals surface area contributed by atoms with Crippen LogP contribution in [-0.2, 0) is 25.3 Å². The third-order valence-corrected chi connectivity index (χ3v) is 6.33. The van der Waals surface area contributed by atoms with Crippen LogP contribution in [0.15, 0.2) is 23.1 Å². The predicted molar refractivity (Wildman–Crippen MR) is 105 cm³/mol. The Kier molecular flexibility index (Phi) is 6.95. The van der Waals surface area contributed by atoms with Gasteiger partial charge in [0.1, 0.15) is 0 Å². The fourth-order valence-corrected chi connectivity index (χ4v) is 4.53. The maximum absolute atomic E-state index is 12.8. The summed E-state index contributed by atoms with van der Waals surface area (Å²) in [5.74, 6) is -1.53. The minimum atomic E-state index is -4.51. The van der Waals surface area contributed by atoms with E-state index in [0.29, 0.717) is 18.0 Å². The van der Waals surface area contributed by atoms with Crippen molar-refractivity contribution in [1.29, 1.82) is 0 Å². The maximum atomic E-state index is 12.8. The maximum Gasteiger partial charge on any atom is 0.416 e. The van der Waals surface area contributed by atoms with E-state index in [1.54, 1.807) is 4.90 Å². The molecule has 0 aromatic heterocycles. The van der Waals surface area contributed by atoms with E-state index in [9.17, 15) is 27.6 Å². The summed E-state index contributed by atoms with van der Waals surface area (Å²) in [5.41, 5.74) is -0.796. The number of nitrogens with zero attached hydrogens (tertiary/aromatic N) is 1. The molecule has 0 radical (unpaired) electrons. The van der Waals surface area contributed by atoms with Crippen molar-refractivity contribution in [2.45, 2.75) is 61.5 Å². The molecule has 0 spiro atoms. The molecule has 2 aliphatic rings. The summed E-state index contributed by atoms with van der Waals surface area (Å²) >= 11 is 1.00. The van der Waals surface area contributed by atoms with Crippen LogP contribution >= 0.6 is 11.8 Å². The Morgan fingerprint density at radius 3 is 2.53 bits per heavy atom. The smallest absolute Gasteiger partial charge is 0.416 e. The lowest BCUT2D eigenvalue weighted by Gasteiger charge is -2.26. The van der Waals surface area contributed by atoms with Gasteiger partial charge in [-0.15, -0.1) is 11.8 Å². The van der Waals surface area contributed by atoms with Crippen molar-refractivity contribution in [3.8, 4) is 0 Å². The number of anilines is 1. The van der Waals surface area contributed by atoms with Crippen LogP contribution in [0.25, 0.3) is 0 Å². The monoisotopic (exact) mass is 444 g/mol. The Morgan fingerprint density at radius 1 is 1.23 bits per heavy atom. The molecule has 164 valence electrons. The van der Waals surface area contributed by atoms with Crippen molar-refractivity contribution in [2.24, 2.45) is 0 Å². The summed E-state index contributed by atoms with van der Waals surface area (Å²) in [5, 5.41) is 1.57. The lowest BCUT2D eigenvalue weighted by molar-refractivity contribution is -0.159. The average molecular weight is 444 g/mol. The molecule has 3 rings (SSSR count). The predicted octanol–water partition coefficient (Wildman–Crippen LogP) is 3.84. The molecule has 2 aliphatic heterocycles. The van der Waals surface area contributed by atoms with Crippen LogP contribution in [0.1, 0.15) is 44.6 Å². The van der Waals surface area contributed by atoms with E-state index < -0.39 is 35.0 Å². The largest absolute Gasteiger partial charge is 0.452 e. The molecule has 0 aliphatic carbocycles. The molecule has 10 heteroatoms. The number of halogens is 3. The van der Waals surface area contributed by atoms with Gasteiger partial charge in [0.05, 0.1) is 22.9 Å². The topological polar surface area (TPSA) is 75.7 Å². The van der Waals surface area contributed by atoms with Gasteiger partial charge in [0.15, 0.2) is 6.10 Å². The van der Waals surface area contributed by atoms with Gasteiger partial charge in [-0.1, -0.05) is 12.8 Å². The highest BCUT2D eigenvalue weighted by molar-refractivity contribution is 8.01. The van der Waals surface area contributed by atoms with Gasteiger partial charge in [0.25, 0.3) is 5.91 Å². The molecule has 1 fully saturated rings. The molecule has 1 aromatic rings. The summed E-state index contributed by atoms with van der Waals surface area (Å²) in [6, 6.07) is 3.07. The first-order chi connectivity index (χ1) is 14.1. The number of ether oxygens (including phenoxy) is 1. The Hall–Kier alpha value is -2.23. The third kappa shape index (κ3) is 5.47. The molecule has 2 unspecified atom stereocenters. The first kappa shape index (κ1) is 22.5. The summed E-state index contributed by atoms with van der Waals surface area (Å²) in [6.45, 7) is 2.78. The molecule has 1 aromatic carbocycles. The minimum Gasteiger partial charge on any atom is -0.452 e. The van der Waals surface area contributed by atoms with Crippen LogP contribution in [0.2, 0.25) is 0 Å². The molecule has 2 atom stereocenters. The van der Waals surface area contributed by atoms with Gasteiger partial charge in [-0.3, -0.25) is 14.4 Å². The number of alkyl halides is 3. The normalized spacial score (nSPS) is 20.6. The summed E-state index contributed by atoms with van der Waals surface area (Å²) in [4.78, 5) is 39.2. The first-order valence-electron chi connectivity index (χ1n) is 9.82. The van der Waals surface area contributed by atoms with Gasteiger partial charge in [-0.05, 0) is 38.0 Å². The van der Waals surface area contributed by atoms with Gasteiger partial charge in [-0.25, -0.2) is 0 Å². The van der Waals surface area contributed by atoms with Gasteiger partial charge in [0.2, 0.25) is 5.91 Å². The van der Waals surface area contributed by atoms with Crippen molar-refractivity contribution < 1.29 is 32.3 Å². The molecular formula is C20H23F3N2O4S. The molecule has 2 heterocycles. The number of amides is 2. The van der Waals surface area contributed by atoms with Gasteiger partial charge in [0, 0.05) is 18.0 Å². The van der Waals surface area contributed by atoms with Crippen molar-refractivity contribution in [3.63, 3.8) is 0 Å². The molecule has 2 amide bonds. The van der Waals surface area contributed by atoms with Crippen LogP contribution in [0.4, 0.5) is 18.9 Å². The van der Waals surface area contributed by atoms with E-state index in [1.165, 1.54) is 13.0 Å². The Morgan fingerprint density at radius 2 is 1.90 bits per heavy atom. The number of nitrogens with one attached hydrogen (secondary N) is 1. The zero-order valence-corrected chi connectivity index (χ0v) is 17.3. The number of rotatable bonds is 4. The number of carbonyl (C=O) groups excluding carboxylic acids is 3. The quantitative estimate of drug-likeness (QED) is 0.715. The zero-order chi connectivity index (χ0) is 21.9. The summed E-state index contributed by atoms with van der Waals surface area (Å²) in [6.07, 6.45) is -1.78. The molecule has 30 heavy (non-hydrogen) atoms. The van der Waals surface area contributed by atoms with Crippen molar-refractivity contribution in [3.05, 3.63) is 23.8 Å². The second-order valence-electron chi connectivity index (χ2n) is 7.38. The fraction of sp³-hybridized carbons (Fsp3) is 0.550. The number of likely N-dealkylation sites (tertiary alicyclic amines) is 1. The van der Waals surface area contributed by atoms with Crippen molar-refractivity contribution >= 4 is 35.2 Å². The fourth-order valence-electron chi connectivity index (χ4n) is 3.46. The highest BCUT2D eigenvalue weighted by atomic mass is 32.2. The van der Waals surface area contributed by atoms with Gasteiger partial charge in [-0.2, -0.15) is 13.2 Å². The number of thioether (sulfide) groups is 1. The molecule has 1 saturated heterocycles. The van der Waals surface area contributed by atoms with E-state index in [0.717, 1.165) is 49.6 Å². The zero-order valence-electron chi connectivity index (χ0n) is 16.5. The molecule has 6 nitrogen and oxygen atoms in total. The van der Waals surface area contributed by atoms with E-state index in [4.69, 9.17) is 4.74 Å². The molecule has 0 saturated carbocycles. The van der Waals surface area contributed by atoms with E-state index >= 15 is 0 Å². The second-order valence-corrected chi connectivity index (χ2v) is 8.62. The van der Waals surface area contributed by atoms with Crippen molar-refractivity contribution in [1.82, 2.24) is 4.90 Å². The lowest BCUT2D eigenvalue weighted by Crippen LogP contribution is -2.41.